The van der Waals surface area contributed by atoms with E-state index >= 15 is 0 Å². The van der Waals surface area contributed by atoms with E-state index in [9.17, 15) is 0 Å². The van der Waals surface area contributed by atoms with Gasteiger partial charge in [-0.2, -0.15) is 0 Å². The third kappa shape index (κ3) is 7.10. The fourth-order valence-corrected chi connectivity index (χ4v) is 3.63. The van der Waals surface area contributed by atoms with E-state index < -0.39 is 0 Å². The molecule has 1 unspecified atom stereocenters. The molecule has 1 atom stereocenters. The van der Waals surface area contributed by atoms with E-state index in [0.29, 0.717) is 12.6 Å². The molecule has 1 aromatic rings. The van der Waals surface area contributed by atoms with Gasteiger partial charge >= 0.3 is 0 Å². The Morgan fingerprint density at radius 2 is 2.11 bits per heavy atom. The van der Waals surface area contributed by atoms with Crippen LogP contribution in [-0.2, 0) is 11.3 Å². The largest absolute Gasteiger partial charge is 0.474 e. The number of hydrogen-bond acceptors (Lipinski definition) is 4. The zero-order valence-electron chi connectivity index (χ0n) is 16.5. The summed E-state index contributed by atoms with van der Waals surface area (Å²) in [4.78, 5) is 8.67. The van der Waals surface area contributed by atoms with E-state index in [2.05, 4.69) is 27.5 Å². The molecule has 2 heterocycles. The molecule has 0 amide bonds. The highest BCUT2D eigenvalue weighted by atomic mass is 127. The first kappa shape index (κ1) is 22.2. The molecule has 2 aliphatic rings. The van der Waals surface area contributed by atoms with E-state index in [1.807, 2.05) is 18.3 Å². The number of pyridine rings is 1. The SMILES string of the molecule is CN=C(NCc1ccnc(OC2CCCCC2)c1)NCC1(C)CCCO1.I. The predicted octanol–water partition coefficient (Wildman–Crippen LogP) is 3.65. The first-order chi connectivity index (χ1) is 12.7. The Hall–Kier alpha value is -1.09. The summed E-state index contributed by atoms with van der Waals surface area (Å²) >= 11 is 0. The lowest BCUT2D eigenvalue weighted by molar-refractivity contribution is 0.0243. The van der Waals surface area contributed by atoms with Crippen LogP contribution in [0.1, 0.15) is 57.4 Å². The molecule has 2 N–H and O–H groups in total. The van der Waals surface area contributed by atoms with E-state index in [4.69, 9.17) is 9.47 Å². The Balaban J connectivity index is 0.00000261. The predicted molar refractivity (Wildman–Crippen MR) is 119 cm³/mol. The minimum atomic E-state index is -0.0880. The lowest BCUT2D eigenvalue weighted by atomic mass is 9.98. The standard InChI is InChI=1S/C20H32N4O2.HI/c1-20(10-6-12-25-20)15-24-19(21-2)23-14-16-9-11-22-18(13-16)26-17-7-4-3-5-8-17;/h9,11,13,17H,3-8,10,12,14-15H2,1-2H3,(H2,21,23,24);1H. The highest BCUT2D eigenvalue weighted by Crippen LogP contribution is 2.24. The molecule has 1 aliphatic heterocycles. The van der Waals surface area contributed by atoms with Gasteiger partial charge in [-0.05, 0) is 57.1 Å². The van der Waals surface area contributed by atoms with Crippen LogP contribution in [0.2, 0.25) is 0 Å². The van der Waals surface area contributed by atoms with Gasteiger partial charge < -0.3 is 20.1 Å². The molecule has 0 aromatic carbocycles. The topological polar surface area (TPSA) is 67.8 Å². The van der Waals surface area contributed by atoms with Crippen LogP contribution in [0.4, 0.5) is 0 Å². The molecule has 27 heavy (non-hydrogen) atoms. The van der Waals surface area contributed by atoms with Crippen molar-refractivity contribution < 1.29 is 9.47 Å². The van der Waals surface area contributed by atoms with Crippen molar-refractivity contribution >= 4 is 29.9 Å². The summed E-state index contributed by atoms with van der Waals surface area (Å²) in [7, 11) is 1.79. The van der Waals surface area contributed by atoms with Gasteiger partial charge in [0.2, 0.25) is 5.88 Å². The van der Waals surface area contributed by atoms with Crippen molar-refractivity contribution in [2.75, 3.05) is 20.2 Å². The smallest absolute Gasteiger partial charge is 0.213 e. The molecule has 1 saturated carbocycles. The second-order valence-electron chi connectivity index (χ2n) is 7.56. The summed E-state index contributed by atoms with van der Waals surface area (Å²) < 4.78 is 11.9. The van der Waals surface area contributed by atoms with Gasteiger partial charge in [0.15, 0.2) is 5.96 Å². The number of ether oxygens (including phenoxy) is 2. The van der Waals surface area contributed by atoms with Gasteiger partial charge in [0.05, 0.1) is 5.60 Å². The lowest BCUT2D eigenvalue weighted by Gasteiger charge is -2.24. The molecule has 1 aromatic heterocycles. The fraction of sp³-hybridized carbons (Fsp3) is 0.700. The highest BCUT2D eigenvalue weighted by Gasteiger charge is 2.29. The van der Waals surface area contributed by atoms with E-state index in [1.54, 1.807) is 7.05 Å². The zero-order valence-corrected chi connectivity index (χ0v) is 18.8. The van der Waals surface area contributed by atoms with E-state index in [0.717, 1.165) is 56.2 Å². The van der Waals surface area contributed by atoms with Crippen molar-refractivity contribution in [3.63, 3.8) is 0 Å². The van der Waals surface area contributed by atoms with Crippen LogP contribution in [0.15, 0.2) is 23.3 Å². The van der Waals surface area contributed by atoms with Gasteiger partial charge in [0.1, 0.15) is 6.10 Å². The summed E-state index contributed by atoms with van der Waals surface area (Å²) in [6.45, 7) is 4.45. The number of halogens is 1. The zero-order chi connectivity index (χ0) is 18.2. The molecule has 2 fully saturated rings. The van der Waals surface area contributed by atoms with Crippen molar-refractivity contribution in [2.24, 2.45) is 4.99 Å². The Morgan fingerprint density at radius 3 is 2.81 bits per heavy atom. The Morgan fingerprint density at radius 1 is 1.30 bits per heavy atom. The van der Waals surface area contributed by atoms with Crippen LogP contribution in [0.5, 0.6) is 5.88 Å². The third-order valence-corrected chi connectivity index (χ3v) is 5.25. The normalized spacial score (nSPS) is 23.6. The Kier molecular flexibility index (Phi) is 9.08. The molecule has 3 rings (SSSR count). The lowest BCUT2D eigenvalue weighted by Crippen LogP contribution is -2.45. The van der Waals surface area contributed by atoms with Gasteiger partial charge in [0, 0.05) is 39.0 Å². The fourth-order valence-electron chi connectivity index (χ4n) is 3.63. The van der Waals surface area contributed by atoms with Crippen LogP contribution in [0.25, 0.3) is 0 Å². The maximum Gasteiger partial charge on any atom is 0.213 e. The molecular formula is C20H33IN4O2. The van der Waals surface area contributed by atoms with Crippen molar-refractivity contribution in [3.05, 3.63) is 23.9 Å². The molecule has 1 aliphatic carbocycles. The molecule has 0 spiro atoms. The van der Waals surface area contributed by atoms with Crippen LogP contribution in [0.3, 0.4) is 0 Å². The third-order valence-electron chi connectivity index (χ3n) is 5.25. The number of hydrogen-bond donors (Lipinski definition) is 2. The average molecular weight is 488 g/mol. The van der Waals surface area contributed by atoms with Crippen molar-refractivity contribution in [1.82, 2.24) is 15.6 Å². The number of aliphatic imine (C=N–C) groups is 1. The van der Waals surface area contributed by atoms with Gasteiger partial charge in [-0.25, -0.2) is 4.98 Å². The molecule has 0 bridgehead atoms. The quantitative estimate of drug-likeness (QED) is 0.364. The minimum Gasteiger partial charge on any atom is -0.474 e. The number of guanidine groups is 1. The summed E-state index contributed by atoms with van der Waals surface area (Å²) in [6, 6.07) is 4.03. The summed E-state index contributed by atoms with van der Waals surface area (Å²) in [5.41, 5.74) is 1.05. The average Bonchev–Trinajstić information content (AvgIpc) is 3.10. The second kappa shape index (κ2) is 11.0. The molecule has 152 valence electrons. The summed E-state index contributed by atoms with van der Waals surface area (Å²) in [6.07, 6.45) is 10.5. The monoisotopic (exact) mass is 488 g/mol. The minimum absolute atomic E-state index is 0. The van der Waals surface area contributed by atoms with E-state index in [-0.39, 0.29) is 29.6 Å². The van der Waals surface area contributed by atoms with Crippen molar-refractivity contribution in [1.29, 1.82) is 0 Å². The van der Waals surface area contributed by atoms with Crippen LogP contribution in [-0.4, -0.2) is 42.8 Å². The van der Waals surface area contributed by atoms with Gasteiger partial charge in [-0.3, -0.25) is 4.99 Å². The van der Waals surface area contributed by atoms with Gasteiger partial charge in [-0.1, -0.05) is 6.42 Å². The summed E-state index contributed by atoms with van der Waals surface area (Å²) in [5.74, 6) is 1.51. The molecule has 0 radical (unpaired) electrons. The summed E-state index contributed by atoms with van der Waals surface area (Å²) in [5, 5.41) is 6.73. The maximum absolute atomic E-state index is 6.06. The first-order valence-electron chi connectivity index (χ1n) is 9.87. The van der Waals surface area contributed by atoms with Crippen molar-refractivity contribution in [2.45, 2.75) is 70.1 Å². The van der Waals surface area contributed by atoms with E-state index in [1.165, 1.54) is 19.3 Å². The van der Waals surface area contributed by atoms with Gasteiger partial charge in [0.25, 0.3) is 0 Å². The van der Waals surface area contributed by atoms with Crippen LogP contribution >= 0.6 is 24.0 Å². The molecule has 1 saturated heterocycles. The highest BCUT2D eigenvalue weighted by molar-refractivity contribution is 14.0. The Labute approximate surface area is 179 Å². The number of rotatable bonds is 6. The number of nitrogens with one attached hydrogen (secondary N) is 2. The van der Waals surface area contributed by atoms with Gasteiger partial charge in [-0.15, -0.1) is 24.0 Å². The first-order valence-corrected chi connectivity index (χ1v) is 9.87. The molecule has 7 heteroatoms. The number of nitrogens with zero attached hydrogens (tertiary/aromatic N) is 2. The molecule has 6 nitrogen and oxygen atoms in total. The number of aromatic nitrogens is 1. The maximum atomic E-state index is 6.06. The van der Waals surface area contributed by atoms with Crippen LogP contribution in [0, 0.1) is 0 Å². The van der Waals surface area contributed by atoms with Crippen molar-refractivity contribution in [3.8, 4) is 5.88 Å². The van der Waals surface area contributed by atoms with Crippen LogP contribution < -0.4 is 15.4 Å². The second-order valence-corrected chi connectivity index (χ2v) is 7.56. The Bertz CT molecular complexity index is 599. The molecular weight excluding hydrogens is 455 g/mol.